The highest BCUT2D eigenvalue weighted by atomic mass is 32.2. The van der Waals surface area contributed by atoms with Crippen molar-refractivity contribution in [3.8, 4) is 0 Å². The summed E-state index contributed by atoms with van der Waals surface area (Å²) in [5, 5.41) is 16.6. The summed E-state index contributed by atoms with van der Waals surface area (Å²) in [5.41, 5.74) is 2.28. The van der Waals surface area contributed by atoms with Gasteiger partial charge in [0, 0.05) is 11.3 Å². The molecular weight excluding hydrogens is 418 g/mol. The van der Waals surface area contributed by atoms with E-state index in [0.29, 0.717) is 18.0 Å². The molecule has 4 rings (SSSR count). The minimum Gasteiger partial charge on any atom is -0.351 e. The van der Waals surface area contributed by atoms with E-state index in [9.17, 15) is 8.42 Å². The first-order chi connectivity index (χ1) is 13.4. The van der Waals surface area contributed by atoms with Gasteiger partial charge in [0.2, 0.25) is 5.13 Å². The molecule has 0 radical (unpaired) electrons. The number of thiazole rings is 1. The maximum absolute atomic E-state index is 10.9. The Morgan fingerprint density at radius 3 is 2.61 bits per heavy atom. The quantitative estimate of drug-likeness (QED) is 0.459. The van der Waals surface area contributed by atoms with Gasteiger partial charge in [-0.2, -0.15) is 8.42 Å². The van der Waals surface area contributed by atoms with Crippen LogP contribution in [0.25, 0.3) is 0 Å². The summed E-state index contributed by atoms with van der Waals surface area (Å²) in [6.45, 7) is 1.91. The van der Waals surface area contributed by atoms with Gasteiger partial charge in [-0.3, -0.25) is 9.27 Å². The van der Waals surface area contributed by atoms with Gasteiger partial charge in [0.05, 0.1) is 22.4 Å². The lowest BCUT2D eigenvalue weighted by Gasteiger charge is -2.16. The Hall–Kier alpha value is -2.08. The molecule has 0 aliphatic heterocycles. The standard InChI is InChI=1S/C17H19N5O3S3/c1-10-20-21-17(27-10)19-14(15-9-26-16(18-15)12-4-5-12)8-11-2-6-13(7-3-11)22-28(23,24)25/h2-3,6-7,9,12,14,22H,4-5,8H2,1H3,(H,19,21)(H,23,24,25)/t14-/m0/s1. The number of rotatable bonds is 8. The van der Waals surface area contributed by atoms with Gasteiger partial charge in [-0.05, 0) is 43.9 Å². The number of hydrogen-bond acceptors (Lipinski definition) is 8. The van der Waals surface area contributed by atoms with Crippen LogP contribution in [-0.2, 0) is 16.7 Å². The van der Waals surface area contributed by atoms with Crippen LogP contribution in [0.15, 0.2) is 29.6 Å². The third kappa shape index (κ3) is 5.04. The van der Waals surface area contributed by atoms with Crippen molar-refractivity contribution in [2.45, 2.75) is 38.1 Å². The van der Waals surface area contributed by atoms with Crippen molar-refractivity contribution in [2.24, 2.45) is 0 Å². The zero-order valence-corrected chi connectivity index (χ0v) is 17.4. The molecule has 3 aromatic rings. The monoisotopic (exact) mass is 437 g/mol. The van der Waals surface area contributed by atoms with Crippen molar-refractivity contribution >= 4 is 43.8 Å². The molecule has 28 heavy (non-hydrogen) atoms. The fraction of sp³-hybridized carbons (Fsp3) is 0.353. The SMILES string of the molecule is Cc1nnc(N[C@@H](Cc2ccc(NS(=O)(=O)O)cc2)c2csc(C3CC3)n2)s1. The summed E-state index contributed by atoms with van der Waals surface area (Å²) < 4.78 is 32.8. The molecule has 148 valence electrons. The predicted octanol–water partition coefficient (Wildman–Crippen LogP) is 3.79. The molecule has 0 unspecified atom stereocenters. The molecule has 0 amide bonds. The molecule has 11 heteroatoms. The van der Waals surface area contributed by atoms with Crippen LogP contribution in [0.3, 0.4) is 0 Å². The van der Waals surface area contributed by atoms with Crippen LogP contribution in [0, 0.1) is 6.92 Å². The van der Waals surface area contributed by atoms with E-state index in [0.717, 1.165) is 21.4 Å². The Kier molecular flexibility index (Phi) is 5.32. The first-order valence-electron chi connectivity index (χ1n) is 8.72. The average molecular weight is 438 g/mol. The second-order valence-corrected chi connectivity index (χ2v) is 9.91. The molecule has 1 aliphatic rings. The Labute approximate surface area is 171 Å². The van der Waals surface area contributed by atoms with E-state index < -0.39 is 10.3 Å². The summed E-state index contributed by atoms with van der Waals surface area (Å²) in [6.07, 6.45) is 3.07. The molecule has 3 N–H and O–H groups in total. The van der Waals surface area contributed by atoms with Crippen molar-refractivity contribution in [3.05, 3.63) is 50.9 Å². The molecule has 1 fully saturated rings. The van der Waals surface area contributed by atoms with Crippen LogP contribution in [0.2, 0.25) is 0 Å². The van der Waals surface area contributed by atoms with Crippen LogP contribution in [-0.4, -0.2) is 28.2 Å². The van der Waals surface area contributed by atoms with Crippen molar-refractivity contribution in [2.75, 3.05) is 10.0 Å². The lowest BCUT2D eigenvalue weighted by atomic mass is 10.0. The van der Waals surface area contributed by atoms with E-state index >= 15 is 0 Å². The Balaban J connectivity index is 1.54. The number of aryl methyl sites for hydroxylation is 1. The lowest BCUT2D eigenvalue weighted by Crippen LogP contribution is -2.14. The number of benzene rings is 1. The highest BCUT2D eigenvalue weighted by Gasteiger charge is 2.28. The van der Waals surface area contributed by atoms with Gasteiger partial charge in [0.25, 0.3) is 0 Å². The molecular formula is C17H19N5O3S3. The van der Waals surface area contributed by atoms with E-state index in [-0.39, 0.29) is 6.04 Å². The van der Waals surface area contributed by atoms with Crippen molar-refractivity contribution in [3.63, 3.8) is 0 Å². The number of nitrogens with one attached hydrogen (secondary N) is 2. The van der Waals surface area contributed by atoms with Crippen LogP contribution in [0.1, 0.15) is 46.1 Å². The third-order valence-electron chi connectivity index (χ3n) is 4.29. The fourth-order valence-corrected chi connectivity index (χ4v) is 4.93. The number of aromatic nitrogens is 3. The van der Waals surface area contributed by atoms with E-state index in [1.807, 2.05) is 23.8 Å². The Morgan fingerprint density at radius 2 is 2.00 bits per heavy atom. The Bertz CT molecular complexity index is 1060. The second kappa shape index (κ2) is 7.74. The highest BCUT2D eigenvalue weighted by Crippen LogP contribution is 2.42. The molecule has 2 aromatic heterocycles. The molecule has 0 bridgehead atoms. The highest BCUT2D eigenvalue weighted by molar-refractivity contribution is 7.87. The van der Waals surface area contributed by atoms with Gasteiger partial charge in [-0.15, -0.1) is 21.5 Å². The number of hydrogen-bond donors (Lipinski definition) is 3. The Morgan fingerprint density at radius 1 is 1.25 bits per heavy atom. The van der Waals surface area contributed by atoms with Gasteiger partial charge >= 0.3 is 10.3 Å². The summed E-state index contributed by atoms with van der Waals surface area (Å²) in [6, 6.07) is 6.80. The summed E-state index contributed by atoms with van der Waals surface area (Å²) in [7, 11) is -4.28. The van der Waals surface area contributed by atoms with E-state index in [1.54, 1.807) is 23.5 Å². The average Bonchev–Trinajstić information content (AvgIpc) is 3.21. The van der Waals surface area contributed by atoms with Crippen LogP contribution in [0.5, 0.6) is 0 Å². The third-order valence-corrected chi connectivity index (χ3v) is 6.58. The first kappa shape index (κ1) is 19.2. The molecule has 1 atom stereocenters. The first-order valence-corrected chi connectivity index (χ1v) is 11.9. The maximum Gasteiger partial charge on any atom is 0.357 e. The summed E-state index contributed by atoms with van der Waals surface area (Å²) in [4.78, 5) is 4.83. The minimum absolute atomic E-state index is 0.0727. The van der Waals surface area contributed by atoms with E-state index in [1.165, 1.54) is 29.2 Å². The molecule has 0 spiro atoms. The van der Waals surface area contributed by atoms with Gasteiger partial charge in [-0.25, -0.2) is 4.98 Å². The molecule has 2 heterocycles. The van der Waals surface area contributed by atoms with E-state index in [4.69, 9.17) is 9.54 Å². The number of anilines is 2. The minimum atomic E-state index is -4.28. The predicted molar refractivity (Wildman–Crippen MR) is 110 cm³/mol. The van der Waals surface area contributed by atoms with Crippen molar-refractivity contribution < 1.29 is 13.0 Å². The van der Waals surface area contributed by atoms with Crippen LogP contribution >= 0.6 is 22.7 Å². The second-order valence-electron chi connectivity index (χ2n) is 6.69. The zero-order valence-electron chi connectivity index (χ0n) is 15.0. The van der Waals surface area contributed by atoms with Crippen LogP contribution in [0.4, 0.5) is 10.8 Å². The molecule has 1 aromatic carbocycles. The molecule has 1 saturated carbocycles. The van der Waals surface area contributed by atoms with E-state index in [2.05, 4.69) is 20.9 Å². The van der Waals surface area contributed by atoms with Crippen molar-refractivity contribution in [1.82, 2.24) is 15.2 Å². The van der Waals surface area contributed by atoms with Crippen molar-refractivity contribution in [1.29, 1.82) is 0 Å². The molecule has 0 saturated heterocycles. The molecule has 1 aliphatic carbocycles. The topological polar surface area (TPSA) is 117 Å². The molecule has 8 nitrogen and oxygen atoms in total. The normalized spacial score (nSPS) is 15.4. The zero-order chi connectivity index (χ0) is 19.7. The lowest BCUT2D eigenvalue weighted by molar-refractivity contribution is 0.489. The smallest absolute Gasteiger partial charge is 0.351 e. The fourth-order valence-electron chi connectivity index (χ4n) is 2.81. The van der Waals surface area contributed by atoms with Crippen LogP contribution < -0.4 is 10.0 Å². The van der Waals surface area contributed by atoms with Gasteiger partial charge < -0.3 is 5.32 Å². The van der Waals surface area contributed by atoms with Gasteiger partial charge in [0.15, 0.2) is 0 Å². The largest absolute Gasteiger partial charge is 0.357 e. The number of nitrogens with zero attached hydrogens (tertiary/aromatic N) is 3. The van der Waals surface area contributed by atoms with Gasteiger partial charge in [0.1, 0.15) is 5.01 Å². The summed E-state index contributed by atoms with van der Waals surface area (Å²) in [5.74, 6) is 0.606. The maximum atomic E-state index is 10.9. The summed E-state index contributed by atoms with van der Waals surface area (Å²) >= 11 is 3.19. The van der Waals surface area contributed by atoms with Gasteiger partial charge in [-0.1, -0.05) is 23.5 Å².